The van der Waals surface area contributed by atoms with Gasteiger partial charge in [0.15, 0.2) is 5.79 Å². The Labute approximate surface area is 115 Å². The molecule has 0 amide bonds. The zero-order valence-electron chi connectivity index (χ0n) is 12.1. The van der Waals surface area contributed by atoms with E-state index < -0.39 is 0 Å². The van der Waals surface area contributed by atoms with Crippen molar-refractivity contribution in [3.8, 4) is 0 Å². The van der Waals surface area contributed by atoms with Crippen LogP contribution < -0.4 is 5.32 Å². The van der Waals surface area contributed by atoms with Crippen LogP contribution >= 0.6 is 0 Å². The summed E-state index contributed by atoms with van der Waals surface area (Å²) < 4.78 is 16.3. The number of hydrogen-bond acceptors (Lipinski definition) is 5. The van der Waals surface area contributed by atoms with Crippen LogP contribution in [0.4, 0.5) is 0 Å². The number of methoxy groups -OCH3 is 1. The van der Waals surface area contributed by atoms with Crippen LogP contribution in [0.1, 0.15) is 39.5 Å². The molecule has 1 spiro atoms. The van der Waals surface area contributed by atoms with Crippen molar-refractivity contribution < 1.29 is 19.0 Å². The third kappa shape index (κ3) is 3.46. The average molecular weight is 271 g/mol. The third-order valence-corrected chi connectivity index (χ3v) is 4.10. The van der Waals surface area contributed by atoms with Crippen molar-refractivity contribution in [1.82, 2.24) is 5.32 Å². The summed E-state index contributed by atoms with van der Waals surface area (Å²) in [6.07, 6.45) is 3.74. The normalized spacial score (nSPS) is 24.8. The predicted molar refractivity (Wildman–Crippen MR) is 70.7 cm³/mol. The molecule has 2 aliphatic rings. The zero-order chi connectivity index (χ0) is 13.9. The minimum Gasteiger partial charge on any atom is -0.468 e. The molecule has 0 bridgehead atoms. The first-order chi connectivity index (χ1) is 9.06. The molecule has 1 atom stereocenters. The summed E-state index contributed by atoms with van der Waals surface area (Å²) in [5.74, 6) is -0.289. The van der Waals surface area contributed by atoms with Crippen LogP contribution in [-0.4, -0.2) is 44.2 Å². The number of carbonyl (C=O) groups excluding carboxylic acids is 1. The smallest absolute Gasteiger partial charge is 0.323 e. The first kappa shape index (κ1) is 14.8. The fourth-order valence-corrected chi connectivity index (χ4v) is 2.92. The van der Waals surface area contributed by atoms with Crippen molar-refractivity contribution in [1.29, 1.82) is 0 Å². The molecular formula is C14H25NO4. The molecule has 110 valence electrons. The van der Waals surface area contributed by atoms with E-state index in [9.17, 15) is 4.79 Å². The van der Waals surface area contributed by atoms with Crippen molar-refractivity contribution >= 4 is 5.97 Å². The first-order valence-corrected chi connectivity index (χ1v) is 7.18. The molecule has 1 saturated heterocycles. The molecule has 5 heteroatoms. The van der Waals surface area contributed by atoms with Gasteiger partial charge in [-0.05, 0) is 18.8 Å². The molecule has 0 aromatic heterocycles. The standard InChI is InChI=1S/C14H25NO4/c1-10(2)12(13(16)17-3)15-11-4-6-14(7-5-11)18-8-9-19-14/h10-12,15H,4-9H2,1-3H3/t12-/m0/s1. The van der Waals surface area contributed by atoms with Crippen LogP contribution in [0.15, 0.2) is 0 Å². The van der Waals surface area contributed by atoms with E-state index in [0.717, 1.165) is 25.7 Å². The summed E-state index contributed by atoms with van der Waals surface area (Å²) in [6, 6.07) is 0.111. The van der Waals surface area contributed by atoms with E-state index >= 15 is 0 Å². The molecule has 1 aliphatic carbocycles. The lowest BCUT2D eigenvalue weighted by molar-refractivity contribution is -0.180. The molecule has 2 fully saturated rings. The van der Waals surface area contributed by atoms with E-state index in [4.69, 9.17) is 14.2 Å². The van der Waals surface area contributed by atoms with Gasteiger partial charge in [0, 0.05) is 18.9 Å². The van der Waals surface area contributed by atoms with E-state index in [2.05, 4.69) is 5.32 Å². The second kappa shape index (κ2) is 6.20. The summed E-state index contributed by atoms with van der Waals surface area (Å²) in [5.41, 5.74) is 0. The number of ether oxygens (including phenoxy) is 3. The van der Waals surface area contributed by atoms with Gasteiger partial charge in [-0.25, -0.2) is 0 Å². The predicted octanol–water partition coefficient (Wildman–Crippen LogP) is 1.46. The Morgan fingerprint density at radius 1 is 1.26 bits per heavy atom. The fourth-order valence-electron chi connectivity index (χ4n) is 2.92. The Kier molecular flexibility index (Phi) is 4.81. The van der Waals surface area contributed by atoms with E-state index in [1.807, 2.05) is 13.8 Å². The van der Waals surface area contributed by atoms with Crippen LogP contribution in [0.2, 0.25) is 0 Å². The van der Waals surface area contributed by atoms with Gasteiger partial charge < -0.3 is 19.5 Å². The maximum absolute atomic E-state index is 11.7. The molecule has 1 aliphatic heterocycles. The Bertz CT molecular complexity index is 303. The first-order valence-electron chi connectivity index (χ1n) is 7.18. The molecule has 1 saturated carbocycles. The van der Waals surface area contributed by atoms with Gasteiger partial charge >= 0.3 is 5.97 Å². The van der Waals surface area contributed by atoms with Crippen molar-refractivity contribution in [2.24, 2.45) is 5.92 Å². The summed E-state index contributed by atoms with van der Waals surface area (Å²) >= 11 is 0. The molecule has 0 radical (unpaired) electrons. The van der Waals surface area contributed by atoms with Crippen molar-refractivity contribution in [2.45, 2.75) is 57.4 Å². The van der Waals surface area contributed by atoms with E-state index in [0.29, 0.717) is 19.3 Å². The molecule has 19 heavy (non-hydrogen) atoms. The lowest BCUT2D eigenvalue weighted by Crippen LogP contribution is -2.50. The summed E-state index contributed by atoms with van der Waals surface area (Å²) in [7, 11) is 1.44. The third-order valence-electron chi connectivity index (χ3n) is 4.10. The van der Waals surface area contributed by atoms with Gasteiger partial charge in [0.2, 0.25) is 0 Å². The molecule has 2 rings (SSSR count). The summed E-state index contributed by atoms with van der Waals surface area (Å²) in [5, 5.41) is 3.43. The summed E-state index contributed by atoms with van der Waals surface area (Å²) in [4.78, 5) is 11.7. The van der Waals surface area contributed by atoms with Crippen molar-refractivity contribution in [3.63, 3.8) is 0 Å². The Balaban J connectivity index is 1.85. The molecule has 1 N–H and O–H groups in total. The van der Waals surface area contributed by atoms with E-state index in [1.54, 1.807) is 0 Å². The van der Waals surface area contributed by atoms with Crippen molar-refractivity contribution in [3.05, 3.63) is 0 Å². The largest absolute Gasteiger partial charge is 0.468 e. The second-order valence-corrected chi connectivity index (χ2v) is 5.79. The second-order valence-electron chi connectivity index (χ2n) is 5.79. The van der Waals surface area contributed by atoms with Crippen LogP contribution in [0.25, 0.3) is 0 Å². The highest BCUT2D eigenvalue weighted by Gasteiger charge is 2.41. The van der Waals surface area contributed by atoms with Gasteiger partial charge in [-0.3, -0.25) is 4.79 Å². The molecule has 5 nitrogen and oxygen atoms in total. The van der Waals surface area contributed by atoms with E-state index in [-0.39, 0.29) is 23.7 Å². The quantitative estimate of drug-likeness (QED) is 0.785. The number of rotatable bonds is 4. The Morgan fingerprint density at radius 2 is 1.84 bits per heavy atom. The highest BCUT2D eigenvalue weighted by molar-refractivity contribution is 5.75. The molecule has 0 aromatic carbocycles. The highest BCUT2D eigenvalue weighted by Crippen LogP contribution is 2.35. The van der Waals surface area contributed by atoms with E-state index in [1.165, 1.54) is 7.11 Å². The van der Waals surface area contributed by atoms with Crippen LogP contribution in [0.5, 0.6) is 0 Å². The Morgan fingerprint density at radius 3 is 2.32 bits per heavy atom. The number of esters is 1. The number of carbonyl (C=O) groups is 1. The lowest BCUT2D eigenvalue weighted by atomic mass is 9.89. The van der Waals surface area contributed by atoms with Crippen LogP contribution in [-0.2, 0) is 19.0 Å². The van der Waals surface area contributed by atoms with Gasteiger partial charge in [0.25, 0.3) is 0 Å². The topological polar surface area (TPSA) is 56.8 Å². The highest BCUT2D eigenvalue weighted by atomic mass is 16.7. The van der Waals surface area contributed by atoms with Crippen LogP contribution in [0.3, 0.4) is 0 Å². The number of hydrogen-bond donors (Lipinski definition) is 1. The van der Waals surface area contributed by atoms with Gasteiger partial charge in [-0.1, -0.05) is 13.8 Å². The molecular weight excluding hydrogens is 246 g/mol. The monoisotopic (exact) mass is 271 g/mol. The van der Waals surface area contributed by atoms with Gasteiger partial charge in [-0.2, -0.15) is 0 Å². The molecule has 0 aromatic rings. The SMILES string of the molecule is COC(=O)[C@@H](NC1CCC2(CC1)OCCO2)C(C)C. The zero-order valence-corrected chi connectivity index (χ0v) is 12.1. The van der Waals surface area contributed by atoms with Gasteiger partial charge in [0.05, 0.1) is 20.3 Å². The number of nitrogens with one attached hydrogen (secondary N) is 1. The fraction of sp³-hybridized carbons (Fsp3) is 0.929. The minimum atomic E-state index is -0.337. The summed E-state index contributed by atoms with van der Waals surface area (Å²) in [6.45, 7) is 5.47. The maximum Gasteiger partial charge on any atom is 0.323 e. The van der Waals surface area contributed by atoms with Gasteiger partial charge in [-0.15, -0.1) is 0 Å². The molecule has 0 unspecified atom stereocenters. The van der Waals surface area contributed by atoms with Gasteiger partial charge in [0.1, 0.15) is 6.04 Å². The lowest BCUT2D eigenvalue weighted by Gasteiger charge is -2.37. The maximum atomic E-state index is 11.7. The van der Waals surface area contributed by atoms with Crippen molar-refractivity contribution in [2.75, 3.05) is 20.3 Å². The Hall–Kier alpha value is -0.650. The van der Waals surface area contributed by atoms with Crippen LogP contribution in [0, 0.1) is 5.92 Å². The minimum absolute atomic E-state index is 0.177. The molecule has 1 heterocycles. The average Bonchev–Trinajstić information content (AvgIpc) is 2.85.